The molecule has 0 spiro atoms. The Morgan fingerprint density at radius 1 is 1.19 bits per heavy atom. The number of hydrogen-bond donors (Lipinski definition) is 1. The molecule has 0 aromatic carbocycles. The minimum atomic E-state index is -0.629. The van der Waals surface area contributed by atoms with E-state index in [4.69, 9.17) is 0 Å². The van der Waals surface area contributed by atoms with Crippen LogP contribution in [-0.2, 0) is 9.59 Å². The van der Waals surface area contributed by atoms with E-state index < -0.39 is 5.54 Å². The first kappa shape index (κ1) is 14.9. The van der Waals surface area contributed by atoms with Crippen LogP contribution in [0.3, 0.4) is 0 Å². The summed E-state index contributed by atoms with van der Waals surface area (Å²) < 4.78 is 0. The van der Waals surface area contributed by atoms with E-state index in [2.05, 4.69) is 5.32 Å². The Bertz CT molecular complexity index is 262. The SMILES string of the molecule is CCNC(C)(C)C(=O)N(C)CC(=O)N(C)C. The van der Waals surface area contributed by atoms with Gasteiger partial charge in [-0.2, -0.15) is 0 Å². The molecule has 0 aliphatic heterocycles. The summed E-state index contributed by atoms with van der Waals surface area (Å²) in [7, 11) is 5.00. The zero-order valence-corrected chi connectivity index (χ0v) is 11.1. The highest BCUT2D eigenvalue weighted by atomic mass is 16.2. The zero-order valence-electron chi connectivity index (χ0n) is 11.1. The fraction of sp³-hybridized carbons (Fsp3) is 0.818. The molecule has 16 heavy (non-hydrogen) atoms. The van der Waals surface area contributed by atoms with Gasteiger partial charge in [0.25, 0.3) is 0 Å². The number of amides is 2. The monoisotopic (exact) mass is 229 g/mol. The average molecular weight is 229 g/mol. The number of hydrogen-bond acceptors (Lipinski definition) is 3. The second-order valence-electron chi connectivity index (χ2n) is 4.60. The quantitative estimate of drug-likeness (QED) is 0.717. The molecule has 0 aliphatic rings. The van der Waals surface area contributed by atoms with Gasteiger partial charge in [-0.15, -0.1) is 0 Å². The highest BCUT2D eigenvalue weighted by Gasteiger charge is 2.30. The van der Waals surface area contributed by atoms with E-state index in [9.17, 15) is 9.59 Å². The Morgan fingerprint density at radius 2 is 1.69 bits per heavy atom. The lowest BCUT2D eigenvalue weighted by Crippen LogP contribution is -2.54. The lowest BCUT2D eigenvalue weighted by molar-refractivity contribution is -0.141. The van der Waals surface area contributed by atoms with Crippen LogP contribution in [-0.4, -0.2) is 61.4 Å². The summed E-state index contributed by atoms with van der Waals surface area (Å²) in [5.74, 6) is -0.160. The fourth-order valence-corrected chi connectivity index (χ4v) is 1.41. The molecule has 94 valence electrons. The van der Waals surface area contributed by atoms with E-state index in [1.54, 1.807) is 21.1 Å². The van der Waals surface area contributed by atoms with Crippen molar-refractivity contribution in [3.05, 3.63) is 0 Å². The molecule has 0 aliphatic carbocycles. The van der Waals surface area contributed by atoms with Gasteiger partial charge in [0.15, 0.2) is 0 Å². The largest absolute Gasteiger partial charge is 0.347 e. The summed E-state index contributed by atoms with van der Waals surface area (Å²) in [6.45, 7) is 6.40. The van der Waals surface area contributed by atoms with Gasteiger partial charge < -0.3 is 15.1 Å². The van der Waals surface area contributed by atoms with Crippen LogP contribution in [0, 0.1) is 0 Å². The van der Waals surface area contributed by atoms with Crippen LogP contribution in [0.4, 0.5) is 0 Å². The Balaban J connectivity index is 4.44. The molecule has 0 unspecified atom stereocenters. The van der Waals surface area contributed by atoms with Crippen molar-refractivity contribution < 1.29 is 9.59 Å². The van der Waals surface area contributed by atoms with Crippen LogP contribution in [0.2, 0.25) is 0 Å². The van der Waals surface area contributed by atoms with Gasteiger partial charge in [0.05, 0.1) is 12.1 Å². The molecule has 0 bridgehead atoms. The van der Waals surface area contributed by atoms with Crippen LogP contribution in [0.5, 0.6) is 0 Å². The van der Waals surface area contributed by atoms with E-state index >= 15 is 0 Å². The molecular formula is C11H23N3O2. The van der Waals surface area contributed by atoms with E-state index in [0.717, 1.165) is 0 Å². The maximum atomic E-state index is 12.0. The van der Waals surface area contributed by atoms with E-state index in [0.29, 0.717) is 6.54 Å². The zero-order chi connectivity index (χ0) is 12.9. The maximum Gasteiger partial charge on any atom is 0.242 e. The van der Waals surface area contributed by atoms with Crippen LogP contribution >= 0.6 is 0 Å². The number of carbonyl (C=O) groups excluding carboxylic acids is 2. The molecule has 0 rings (SSSR count). The van der Waals surface area contributed by atoms with E-state index in [1.165, 1.54) is 9.80 Å². The van der Waals surface area contributed by atoms with Crippen molar-refractivity contribution in [2.45, 2.75) is 26.3 Å². The topological polar surface area (TPSA) is 52.7 Å². The Hall–Kier alpha value is -1.10. The second kappa shape index (κ2) is 5.84. The molecule has 5 nitrogen and oxygen atoms in total. The van der Waals surface area contributed by atoms with Crippen molar-refractivity contribution >= 4 is 11.8 Å². The van der Waals surface area contributed by atoms with Gasteiger partial charge in [0.2, 0.25) is 11.8 Å². The molecular weight excluding hydrogens is 206 g/mol. The second-order valence-corrected chi connectivity index (χ2v) is 4.60. The van der Waals surface area contributed by atoms with Crippen LogP contribution < -0.4 is 5.32 Å². The lowest BCUT2D eigenvalue weighted by Gasteiger charge is -2.30. The summed E-state index contributed by atoms with van der Waals surface area (Å²) in [5, 5.41) is 3.09. The van der Waals surface area contributed by atoms with Crippen molar-refractivity contribution in [1.29, 1.82) is 0 Å². The summed E-state index contributed by atoms with van der Waals surface area (Å²) in [4.78, 5) is 26.4. The average Bonchev–Trinajstić information content (AvgIpc) is 2.16. The number of carbonyl (C=O) groups is 2. The number of likely N-dealkylation sites (N-methyl/N-ethyl adjacent to an activating group) is 3. The summed E-state index contributed by atoms with van der Waals surface area (Å²) in [6, 6.07) is 0. The third kappa shape index (κ3) is 4.18. The van der Waals surface area contributed by atoms with Gasteiger partial charge in [-0.1, -0.05) is 6.92 Å². The van der Waals surface area contributed by atoms with Gasteiger partial charge in [0, 0.05) is 21.1 Å². The Kier molecular flexibility index (Phi) is 5.44. The van der Waals surface area contributed by atoms with Gasteiger partial charge >= 0.3 is 0 Å². The molecule has 0 fully saturated rings. The number of rotatable bonds is 5. The first-order valence-electron chi connectivity index (χ1n) is 5.43. The molecule has 0 heterocycles. The standard InChI is InChI=1S/C11H23N3O2/c1-7-12-11(2,3)10(16)14(6)8-9(15)13(4)5/h12H,7-8H2,1-6H3. The molecule has 2 amide bonds. The normalized spacial score (nSPS) is 11.1. The van der Waals surface area contributed by atoms with Gasteiger partial charge in [-0.3, -0.25) is 9.59 Å². The van der Waals surface area contributed by atoms with Crippen LogP contribution in [0.15, 0.2) is 0 Å². The minimum Gasteiger partial charge on any atom is -0.347 e. The molecule has 5 heteroatoms. The summed E-state index contributed by atoms with van der Waals surface area (Å²) in [6.07, 6.45) is 0. The van der Waals surface area contributed by atoms with Crippen molar-refractivity contribution in [3.8, 4) is 0 Å². The van der Waals surface area contributed by atoms with Crippen molar-refractivity contribution in [2.24, 2.45) is 0 Å². The third-order valence-electron chi connectivity index (χ3n) is 2.37. The molecule has 0 atom stereocenters. The van der Waals surface area contributed by atoms with Crippen molar-refractivity contribution in [3.63, 3.8) is 0 Å². The minimum absolute atomic E-state index is 0.0791. The predicted octanol–water partition coefficient (Wildman–Crippen LogP) is -0.0789. The lowest BCUT2D eigenvalue weighted by atomic mass is 10.0. The van der Waals surface area contributed by atoms with Gasteiger partial charge in [-0.25, -0.2) is 0 Å². The highest BCUT2D eigenvalue weighted by Crippen LogP contribution is 2.06. The molecule has 0 saturated carbocycles. The smallest absolute Gasteiger partial charge is 0.242 e. The highest BCUT2D eigenvalue weighted by molar-refractivity contribution is 5.89. The Labute approximate surface area is 97.8 Å². The molecule has 0 aromatic heterocycles. The van der Waals surface area contributed by atoms with Crippen molar-refractivity contribution in [2.75, 3.05) is 34.2 Å². The van der Waals surface area contributed by atoms with Crippen molar-refractivity contribution in [1.82, 2.24) is 15.1 Å². The first-order valence-corrected chi connectivity index (χ1v) is 5.43. The first-order chi connectivity index (χ1) is 7.22. The third-order valence-corrected chi connectivity index (χ3v) is 2.37. The maximum absolute atomic E-state index is 12.0. The fourth-order valence-electron chi connectivity index (χ4n) is 1.41. The van der Waals surface area contributed by atoms with Crippen LogP contribution in [0.1, 0.15) is 20.8 Å². The summed E-state index contributed by atoms with van der Waals surface area (Å²) >= 11 is 0. The van der Waals surface area contributed by atoms with E-state index in [1.807, 2.05) is 20.8 Å². The predicted molar refractivity (Wildman–Crippen MR) is 64.1 cm³/mol. The van der Waals surface area contributed by atoms with E-state index in [-0.39, 0.29) is 18.4 Å². The summed E-state index contributed by atoms with van der Waals surface area (Å²) in [5.41, 5.74) is -0.629. The van der Waals surface area contributed by atoms with Gasteiger partial charge in [0.1, 0.15) is 0 Å². The molecule has 0 radical (unpaired) electrons. The molecule has 0 saturated heterocycles. The van der Waals surface area contributed by atoms with Crippen LogP contribution in [0.25, 0.3) is 0 Å². The molecule has 1 N–H and O–H groups in total. The number of nitrogens with zero attached hydrogens (tertiary/aromatic N) is 2. The Morgan fingerprint density at radius 3 is 2.06 bits per heavy atom. The number of nitrogens with one attached hydrogen (secondary N) is 1. The molecule has 0 aromatic rings. The van der Waals surface area contributed by atoms with Gasteiger partial charge in [-0.05, 0) is 20.4 Å².